The average molecular weight is 304 g/mol. The van der Waals surface area contributed by atoms with Gasteiger partial charge in [-0.3, -0.25) is 4.79 Å². The predicted molar refractivity (Wildman–Crippen MR) is 79.8 cm³/mol. The summed E-state index contributed by atoms with van der Waals surface area (Å²) in [6.07, 6.45) is 0.389. The minimum Gasteiger partial charge on any atom is -0.326 e. The van der Waals surface area contributed by atoms with Crippen molar-refractivity contribution in [2.24, 2.45) is 0 Å². The first-order valence-electron chi connectivity index (χ1n) is 5.90. The van der Waals surface area contributed by atoms with E-state index in [4.69, 9.17) is 5.26 Å². The van der Waals surface area contributed by atoms with Gasteiger partial charge in [0.2, 0.25) is 5.91 Å². The highest BCUT2D eigenvalue weighted by Gasteiger charge is 2.05. The topological polar surface area (TPSA) is 78.7 Å². The molecule has 0 aliphatic carbocycles. The third kappa shape index (κ3) is 4.33. The van der Waals surface area contributed by atoms with Crippen LogP contribution in [0.1, 0.15) is 17.8 Å². The van der Waals surface area contributed by atoms with E-state index in [2.05, 4.69) is 14.7 Å². The van der Waals surface area contributed by atoms with Crippen LogP contribution in [-0.2, 0) is 4.79 Å². The van der Waals surface area contributed by atoms with E-state index in [-0.39, 0.29) is 5.91 Å². The van der Waals surface area contributed by atoms with E-state index in [9.17, 15) is 4.79 Å². The van der Waals surface area contributed by atoms with Crippen LogP contribution in [0.2, 0.25) is 0 Å². The molecule has 0 saturated carbocycles. The maximum absolute atomic E-state index is 11.8. The zero-order chi connectivity index (χ0) is 14.4. The SMILES string of the molecule is Cc1nsc(SCCC(=O)Nc2cccc(C#N)c2)n1. The summed E-state index contributed by atoms with van der Waals surface area (Å²) in [6.45, 7) is 1.84. The number of aromatic nitrogens is 2. The number of rotatable bonds is 5. The molecule has 0 fully saturated rings. The van der Waals surface area contributed by atoms with Crippen molar-refractivity contribution in [3.63, 3.8) is 0 Å². The first kappa shape index (κ1) is 14.5. The maximum atomic E-state index is 11.8. The number of thioether (sulfide) groups is 1. The highest BCUT2D eigenvalue weighted by Crippen LogP contribution is 2.20. The molecule has 0 atom stereocenters. The molecule has 1 N–H and O–H groups in total. The number of hydrogen-bond acceptors (Lipinski definition) is 6. The normalized spacial score (nSPS) is 10.0. The van der Waals surface area contributed by atoms with Crippen LogP contribution in [0.5, 0.6) is 0 Å². The number of amides is 1. The van der Waals surface area contributed by atoms with Crippen molar-refractivity contribution in [1.82, 2.24) is 9.36 Å². The molecule has 102 valence electrons. The molecule has 1 aromatic carbocycles. The largest absolute Gasteiger partial charge is 0.326 e. The van der Waals surface area contributed by atoms with E-state index < -0.39 is 0 Å². The summed E-state index contributed by atoms with van der Waals surface area (Å²) in [5.74, 6) is 1.34. The fraction of sp³-hybridized carbons (Fsp3) is 0.231. The fourth-order valence-electron chi connectivity index (χ4n) is 1.46. The number of benzene rings is 1. The molecular weight excluding hydrogens is 292 g/mol. The molecule has 20 heavy (non-hydrogen) atoms. The summed E-state index contributed by atoms with van der Waals surface area (Å²) in [6, 6.07) is 8.89. The van der Waals surface area contributed by atoms with E-state index in [0.29, 0.717) is 23.4 Å². The van der Waals surface area contributed by atoms with Gasteiger partial charge in [-0.2, -0.15) is 9.64 Å². The molecule has 7 heteroatoms. The Kier molecular flexibility index (Phi) is 5.09. The van der Waals surface area contributed by atoms with Crippen LogP contribution in [0, 0.1) is 18.3 Å². The van der Waals surface area contributed by atoms with Crippen molar-refractivity contribution in [2.75, 3.05) is 11.1 Å². The zero-order valence-electron chi connectivity index (χ0n) is 10.8. The molecule has 1 aromatic heterocycles. The number of nitriles is 1. The van der Waals surface area contributed by atoms with E-state index in [1.165, 1.54) is 23.3 Å². The van der Waals surface area contributed by atoms with Crippen molar-refractivity contribution in [3.8, 4) is 6.07 Å². The Morgan fingerprint density at radius 1 is 1.55 bits per heavy atom. The molecule has 0 aliphatic rings. The van der Waals surface area contributed by atoms with Crippen LogP contribution in [0.4, 0.5) is 5.69 Å². The minimum absolute atomic E-state index is 0.0752. The van der Waals surface area contributed by atoms with Gasteiger partial charge in [0.1, 0.15) is 5.82 Å². The Morgan fingerprint density at radius 2 is 2.40 bits per heavy atom. The summed E-state index contributed by atoms with van der Waals surface area (Å²) in [5, 5.41) is 11.6. The van der Waals surface area contributed by atoms with Crippen LogP contribution < -0.4 is 5.32 Å². The van der Waals surface area contributed by atoms with Gasteiger partial charge in [-0.1, -0.05) is 17.8 Å². The van der Waals surface area contributed by atoms with E-state index >= 15 is 0 Å². The molecule has 2 aromatic rings. The van der Waals surface area contributed by atoms with Gasteiger partial charge in [0.05, 0.1) is 11.6 Å². The third-order valence-corrected chi connectivity index (χ3v) is 4.27. The van der Waals surface area contributed by atoms with E-state index in [1.807, 2.05) is 13.0 Å². The van der Waals surface area contributed by atoms with Crippen LogP contribution in [0.3, 0.4) is 0 Å². The summed E-state index contributed by atoms with van der Waals surface area (Å²) in [5.41, 5.74) is 1.17. The van der Waals surface area contributed by atoms with Gasteiger partial charge in [-0.05, 0) is 36.7 Å². The molecule has 1 amide bonds. The molecule has 0 radical (unpaired) electrons. The number of carbonyl (C=O) groups is 1. The van der Waals surface area contributed by atoms with Gasteiger partial charge in [0.15, 0.2) is 4.34 Å². The quantitative estimate of drug-likeness (QED) is 0.859. The lowest BCUT2D eigenvalue weighted by molar-refractivity contribution is -0.115. The van der Waals surface area contributed by atoms with Gasteiger partial charge >= 0.3 is 0 Å². The number of hydrogen-bond donors (Lipinski definition) is 1. The summed E-state index contributed by atoms with van der Waals surface area (Å²) in [4.78, 5) is 16.0. The van der Waals surface area contributed by atoms with Gasteiger partial charge < -0.3 is 5.32 Å². The predicted octanol–water partition coefficient (Wildman–Crippen LogP) is 2.84. The van der Waals surface area contributed by atoms with Gasteiger partial charge in [-0.15, -0.1) is 0 Å². The molecule has 0 spiro atoms. The Labute approximate surface area is 125 Å². The smallest absolute Gasteiger partial charge is 0.225 e. The van der Waals surface area contributed by atoms with Gasteiger partial charge in [-0.25, -0.2) is 4.98 Å². The lowest BCUT2D eigenvalue weighted by atomic mass is 10.2. The van der Waals surface area contributed by atoms with Crippen molar-refractivity contribution < 1.29 is 4.79 Å². The van der Waals surface area contributed by atoms with Crippen molar-refractivity contribution in [2.45, 2.75) is 17.7 Å². The van der Waals surface area contributed by atoms with Crippen LogP contribution in [-0.4, -0.2) is 21.0 Å². The Bertz CT molecular complexity index is 648. The Morgan fingerprint density at radius 3 is 3.10 bits per heavy atom. The molecule has 5 nitrogen and oxygen atoms in total. The lowest BCUT2D eigenvalue weighted by Gasteiger charge is -2.04. The molecular formula is C13H12N4OS2. The van der Waals surface area contributed by atoms with Gasteiger partial charge in [0.25, 0.3) is 0 Å². The third-order valence-electron chi connectivity index (χ3n) is 2.34. The molecule has 0 aliphatic heterocycles. The van der Waals surface area contributed by atoms with Crippen LogP contribution in [0.25, 0.3) is 0 Å². The van der Waals surface area contributed by atoms with E-state index in [1.54, 1.807) is 24.3 Å². The molecule has 1 heterocycles. The number of nitrogens with one attached hydrogen (secondary N) is 1. The van der Waals surface area contributed by atoms with Crippen LogP contribution >= 0.6 is 23.3 Å². The summed E-state index contributed by atoms with van der Waals surface area (Å²) < 4.78 is 4.96. The van der Waals surface area contributed by atoms with Crippen LogP contribution in [0.15, 0.2) is 28.6 Å². The Hall–Kier alpha value is -1.91. The number of aryl methyl sites for hydroxylation is 1. The number of anilines is 1. The number of nitrogens with zero attached hydrogens (tertiary/aromatic N) is 3. The average Bonchev–Trinajstić information content (AvgIpc) is 2.84. The molecule has 0 unspecified atom stereocenters. The summed E-state index contributed by atoms with van der Waals surface area (Å²) >= 11 is 2.86. The molecule has 0 bridgehead atoms. The lowest BCUT2D eigenvalue weighted by Crippen LogP contribution is -2.12. The number of carbonyl (C=O) groups excluding carboxylic acids is 1. The molecule has 0 saturated heterocycles. The fourth-order valence-corrected chi connectivity index (χ4v) is 3.11. The highest BCUT2D eigenvalue weighted by atomic mass is 32.2. The summed E-state index contributed by atoms with van der Waals surface area (Å²) in [7, 11) is 0. The van der Waals surface area contributed by atoms with Gasteiger partial charge in [0, 0.05) is 17.9 Å². The van der Waals surface area contributed by atoms with Crippen molar-refractivity contribution in [3.05, 3.63) is 35.7 Å². The first-order chi connectivity index (χ1) is 9.67. The second-order valence-corrected chi connectivity index (χ2v) is 6.04. The molecule has 2 rings (SSSR count). The van der Waals surface area contributed by atoms with Crippen molar-refractivity contribution in [1.29, 1.82) is 5.26 Å². The standard InChI is InChI=1S/C13H12N4OS2/c1-9-15-13(20-17-9)19-6-5-12(18)16-11-4-2-3-10(7-11)8-14/h2-4,7H,5-6H2,1H3,(H,16,18). The highest BCUT2D eigenvalue weighted by molar-refractivity contribution is 8.00. The van der Waals surface area contributed by atoms with Crippen molar-refractivity contribution >= 4 is 34.9 Å². The minimum atomic E-state index is -0.0752. The monoisotopic (exact) mass is 304 g/mol. The maximum Gasteiger partial charge on any atom is 0.225 e. The first-order valence-corrected chi connectivity index (χ1v) is 7.66. The zero-order valence-corrected chi connectivity index (χ0v) is 12.4. The Balaban J connectivity index is 1.79. The van der Waals surface area contributed by atoms with E-state index in [0.717, 1.165) is 10.2 Å². The second kappa shape index (κ2) is 7.03. The second-order valence-electron chi connectivity index (χ2n) is 3.95.